The van der Waals surface area contributed by atoms with E-state index in [2.05, 4.69) is 20.8 Å². The lowest BCUT2D eigenvalue weighted by molar-refractivity contribution is -0.137. The number of aromatic nitrogens is 4. The second-order valence-corrected chi connectivity index (χ2v) is 6.39. The van der Waals surface area contributed by atoms with Crippen molar-refractivity contribution in [3.8, 4) is 5.69 Å². The molecule has 0 aliphatic carbocycles. The minimum Gasteiger partial charge on any atom is -0.395 e. The van der Waals surface area contributed by atoms with E-state index in [1.54, 1.807) is 12.1 Å². The third kappa shape index (κ3) is 4.71. The Morgan fingerprint density at radius 2 is 1.93 bits per heavy atom. The van der Waals surface area contributed by atoms with Crippen LogP contribution in [0.2, 0.25) is 0 Å². The van der Waals surface area contributed by atoms with E-state index < -0.39 is 17.5 Å². The topological polar surface area (TPSA) is 92.9 Å². The molecule has 0 fully saturated rings. The summed E-state index contributed by atoms with van der Waals surface area (Å²) >= 11 is 0. The third-order valence-electron chi connectivity index (χ3n) is 4.19. The number of rotatable bonds is 7. The van der Waals surface area contributed by atoms with Crippen LogP contribution >= 0.6 is 0 Å². The largest absolute Gasteiger partial charge is 0.416 e. The molecule has 1 heterocycles. The fourth-order valence-corrected chi connectivity index (χ4v) is 2.68. The Kier molecular flexibility index (Phi) is 6.26. The second-order valence-electron chi connectivity index (χ2n) is 6.39. The number of nitrogens with zero attached hydrogens (tertiary/aromatic N) is 4. The summed E-state index contributed by atoms with van der Waals surface area (Å²) in [7, 11) is 0. The molecule has 1 aromatic heterocycles. The Balaban J connectivity index is 2.05. The first kappa shape index (κ1) is 21.2. The van der Waals surface area contributed by atoms with Gasteiger partial charge in [-0.2, -0.15) is 17.9 Å². The molecule has 3 rings (SSSR count). The Hall–Kier alpha value is -3.53. The molecule has 0 saturated heterocycles. The number of ketones is 1. The van der Waals surface area contributed by atoms with E-state index in [1.165, 1.54) is 16.9 Å². The number of aliphatic hydroxyl groups is 1. The van der Waals surface area contributed by atoms with E-state index >= 15 is 0 Å². The number of hydrogen-bond donors (Lipinski definition) is 2. The van der Waals surface area contributed by atoms with Crippen molar-refractivity contribution >= 4 is 11.4 Å². The Labute approximate surface area is 169 Å². The molecule has 0 aliphatic heterocycles. The zero-order valence-corrected chi connectivity index (χ0v) is 15.9. The molecular weight excluding hydrogens is 399 g/mol. The van der Waals surface area contributed by atoms with Crippen molar-refractivity contribution in [1.29, 1.82) is 0 Å². The Morgan fingerprint density at radius 1 is 1.20 bits per heavy atom. The normalized spacial score (nSPS) is 12.1. The molecule has 0 radical (unpaired) electrons. The molecule has 0 bridgehead atoms. The maximum atomic E-state index is 13.1. The van der Waals surface area contributed by atoms with Crippen molar-refractivity contribution in [3.05, 3.63) is 77.2 Å². The average Bonchev–Trinajstić information content (AvgIpc) is 3.20. The fourth-order valence-electron chi connectivity index (χ4n) is 2.68. The van der Waals surface area contributed by atoms with E-state index in [0.29, 0.717) is 5.69 Å². The van der Waals surface area contributed by atoms with Crippen LogP contribution in [0.25, 0.3) is 11.3 Å². The molecule has 0 unspecified atom stereocenters. The van der Waals surface area contributed by atoms with Gasteiger partial charge in [0.05, 0.1) is 23.4 Å². The molecule has 0 amide bonds. The van der Waals surface area contributed by atoms with Gasteiger partial charge in [0.25, 0.3) is 0 Å². The molecule has 2 aromatic carbocycles. The molecular formula is C20H18F3N5O2. The van der Waals surface area contributed by atoms with Crippen LogP contribution in [-0.2, 0) is 6.18 Å². The van der Waals surface area contributed by atoms with Crippen LogP contribution in [0.1, 0.15) is 27.3 Å². The van der Waals surface area contributed by atoms with Crippen LogP contribution in [0.15, 0.2) is 54.7 Å². The van der Waals surface area contributed by atoms with Crippen molar-refractivity contribution in [2.24, 2.45) is 0 Å². The van der Waals surface area contributed by atoms with Gasteiger partial charge < -0.3 is 10.4 Å². The van der Waals surface area contributed by atoms with E-state index in [1.807, 2.05) is 19.1 Å². The number of hydrogen-bond acceptors (Lipinski definition) is 6. The lowest BCUT2D eigenvalue weighted by Gasteiger charge is -2.11. The lowest BCUT2D eigenvalue weighted by atomic mass is 10.0. The van der Waals surface area contributed by atoms with Gasteiger partial charge in [0.1, 0.15) is 0 Å². The number of aryl methyl sites for hydroxylation is 1. The molecule has 2 N–H and O–H groups in total. The van der Waals surface area contributed by atoms with Crippen molar-refractivity contribution in [3.63, 3.8) is 0 Å². The number of tetrazole rings is 1. The van der Waals surface area contributed by atoms with E-state index in [0.717, 1.165) is 23.8 Å². The van der Waals surface area contributed by atoms with Crippen LogP contribution in [0, 0.1) is 6.92 Å². The summed E-state index contributed by atoms with van der Waals surface area (Å²) < 4.78 is 40.5. The number of carbonyl (C=O) groups is 1. The zero-order chi connectivity index (χ0) is 21.7. The van der Waals surface area contributed by atoms with Crippen molar-refractivity contribution in [2.45, 2.75) is 13.1 Å². The molecule has 0 saturated carbocycles. The summed E-state index contributed by atoms with van der Waals surface area (Å²) in [4.78, 5) is 13.1. The van der Waals surface area contributed by atoms with Crippen molar-refractivity contribution < 1.29 is 23.1 Å². The van der Waals surface area contributed by atoms with Gasteiger partial charge in [0, 0.05) is 18.3 Å². The maximum absolute atomic E-state index is 13.1. The predicted molar refractivity (Wildman–Crippen MR) is 103 cm³/mol. The molecule has 7 nitrogen and oxygen atoms in total. The van der Waals surface area contributed by atoms with Crippen LogP contribution in [0.3, 0.4) is 0 Å². The number of Topliss-reactive ketones (excluding diaryl/α,β-unsaturated/α-hetero) is 1. The van der Waals surface area contributed by atoms with Crippen LogP contribution in [0.4, 0.5) is 13.2 Å². The molecule has 0 spiro atoms. The number of benzene rings is 2. The molecule has 0 aliphatic rings. The molecule has 10 heteroatoms. The Bertz CT molecular complexity index is 1060. The number of nitrogens with one attached hydrogen (secondary N) is 1. The van der Waals surface area contributed by atoms with Gasteiger partial charge in [-0.3, -0.25) is 4.79 Å². The third-order valence-corrected chi connectivity index (χ3v) is 4.19. The van der Waals surface area contributed by atoms with Gasteiger partial charge in [0.2, 0.25) is 0 Å². The summed E-state index contributed by atoms with van der Waals surface area (Å²) in [6, 6.07) is 11.3. The highest BCUT2D eigenvalue weighted by molar-refractivity contribution is 6.28. The first-order valence-corrected chi connectivity index (χ1v) is 8.93. The molecule has 0 atom stereocenters. The zero-order valence-electron chi connectivity index (χ0n) is 15.9. The predicted octanol–water partition coefficient (Wildman–Crippen LogP) is 2.80. The monoisotopic (exact) mass is 417 g/mol. The van der Waals surface area contributed by atoms with Gasteiger partial charge in [-0.15, -0.1) is 5.10 Å². The second kappa shape index (κ2) is 8.87. The summed E-state index contributed by atoms with van der Waals surface area (Å²) in [6.07, 6.45) is -3.30. The molecule has 156 valence electrons. The van der Waals surface area contributed by atoms with Gasteiger partial charge in [0.15, 0.2) is 11.6 Å². The highest BCUT2D eigenvalue weighted by Gasteiger charge is 2.31. The number of aliphatic hydroxyl groups excluding tert-OH is 1. The minimum absolute atomic E-state index is 0.0478. The van der Waals surface area contributed by atoms with E-state index in [9.17, 15) is 18.0 Å². The van der Waals surface area contributed by atoms with Crippen LogP contribution in [0.5, 0.6) is 0 Å². The minimum atomic E-state index is -4.58. The fraction of sp³-hybridized carbons (Fsp3) is 0.200. The summed E-state index contributed by atoms with van der Waals surface area (Å²) in [5.41, 5.74) is 0.433. The summed E-state index contributed by atoms with van der Waals surface area (Å²) in [6.45, 7) is 1.83. The molecule has 30 heavy (non-hydrogen) atoms. The van der Waals surface area contributed by atoms with Crippen LogP contribution < -0.4 is 5.32 Å². The maximum Gasteiger partial charge on any atom is 0.416 e. The average molecular weight is 417 g/mol. The Morgan fingerprint density at radius 3 is 2.60 bits per heavy atom. The first-order chi connectivity index (χ1) is 14.3. The standard InChI is InChI=1S/C20H18F3N5O2/c1-13-5-7-16(8-6-13)28-19(25-26-27-28)17(12-24-9-10-29)18(30)14-3-2-4-15(11-14)20(21,22)23/h2-8,11-12,24,29H,9-10H2,1H3. The quantitative estimate of drug-likeness (QED) is 0.349. The van der Waals surface area contributed by atoms with Crippen molar-refractivity contribution in [2.75, 3.05) is 13.2 Å². The number of alkyl halides is 3. The van der Waals surface area contributed by atoms with E-state index in [-0.39, 0.29) is 30.1 Å². The van der Waals surface area contributed by atoms with Gasteiger partial charge >= 0.3 is 6.18 Å². The summed E-state index contributed by atoms with van der Waals surface area (Å²) in [5.74, 6) is -0.651. The smallest absolute Gasteiger partial charge is 0.395 e. The number of allylic oxidation sites excluding steroid dienone is 1. The van der Waals surface area contributed by atoms with Gasteiger partial charge in [-0.05, 0) is 41.6 Å². The SMILES string of the molecule is Cc1ccc(-n2nnnc2C(=CNCCO)C(=O)c2cccc(C(F)(F)F)c2)cc1. The summed E-state index contributed by atoms with van der Waals surface area (Å²) in [5, 5.41) is 23.2. The number of halogens is 3. The lowest BCUT2D eigenvalue weighted by Crippen LogP contribution is -2.17. The van der Waals surface area contributed by atoms with Crippen LogP contribution in [-0.4, -0.2) is 44.2 Å². The van der Waals surface area contributed by atoms with Gasteiger partial charge in [-0.1, -0.05) is 29.8 Å². The first-order valence-electron chi connectivity index (χ1n) is 8.93. The highest BCUT2D eigenvalue weighted by atomic mass is 19.4. The highest BCUT2D eigenvalue weighted by Crippen LogP contribution is 2.30. The number of carbonyl (C=O) groups excluding carboxylic acids is 1. The van der Waals surface area contributed by atoms with Crippen molar-refractivity contribution in [1.82, 2.24) is 25.5 Å². The molecule has 3 aromatic rings. The van der Waals surface area contributed by atoms with E-state index in [4.69, 9.17) is 5.11 Å². The van der Waals surface area contributed by atoms with Gasteiger partial charge in [-0.25, -0.2) is 0 Å².